The van der Waals surface area contributed by atoms with E-state index in [1.54, 1.807) is 11.3 Å². The smallest absolute Gasteiger partial charge is 0.225 e. The molecule has 0 amide bonds. The molecule has 0 saturated heterocycles. The monoisotopic (exact) mass is 255 g/mol. The lowest BCUT2D eigenvalue weighted by molar-refractivity contribution is 0.696. The number of hydrogen-bond donors (Lipinski definition) is 0. The van der Waals surface area contributed by atoms with Crippen molar-refractivity contribution in [1.82, 2.24) is 9.97 Å². The third kappa shape index (κ3) is 1.99. The van der Waals surface area contributed by atoms with Gasteiger partial charge in [-0.25, -0.2) is 4.98 Å². The standard InChI is InChI=1S/C11H14ClN3S/c1-4-15(7(2)3)9-8-5-6-16-10(8)14-11(12)13-9/h5-7H,4H2,1-3H3. The number of anilines is 1. The topological polar surface area (TPSA) is 29.0 Å². The minimum atomic E-state index is 0.323. The van der Waals surface area contributed by atoms with Crippen LogP contribution in [-0.2, 0) is 0 Å². The van der Waals surface area contributed by atoms with Crippen LogP contribution in [0.15, 0.2) is 11.4 Å². The molecule has 0 bridgehead atoms. The SMILES string of the molecule is CCN(c1nc(Cl)nc2sccc12)C(C)C. The third-order valence-electron chi connectivity index (χ3n) is 2.51. The summed E-state index contributed by atoms with van der Waals surface area (Å²) in [6, 6.07) is 2.45. The molecule has 2 aromatic heterocycles. The largest absolute Gasteiger partial charge is 0.354 e. The van der Waals surface area contributed by atoms with Crippen molar-refractivity contribution in [2.75, 3.05) is 11.4 Å². The lowest BCUT2D eigenvalue weighted by Crippen LogP contribution is -2.31. The van der Waals surface area contributed by atoms with Gasteiger partial charge in [0.15, 0.2) is 0 Å². The Bertz CT molecular complexity index is 495. The van der Waals surface area contributed by atoms with Crippen molar-refractivity contribution in [2.45, 2.75) is 26.8 Å². The summed E-state index contributed by atoms with van der Waals surface area (Å²) in [5.41, 5.74) is 0. The summed E-state index contributed by atoms with van der Waals surface area (Å²) >= 11 is 7.54. The second-order valence-corrected chi connectivity index (χ2v) is 5.07. The van der Waals surface area contributed by atoms with Gasteiger partial charge in [-0.15, -0.1) is 11.3 Å². The number of thiophene rings is 1. The van der Waals surface area contributed by atoms with E-state index in [0.717, 1.165) is 22.6 Å². The second-order valence-electron chi connectivity index (χ2n) is 3.84. The van der Waals surface area contributed by atoms with E-state index in [-0.39, 0.29) is 0 Å². The van der Waals surface area contributed by atoms with E-state index in [4.69, 9.17) is 11.6 Å². The highest BCUT2D eigenvalue weighted by Crippen LogP contribution is 2.29. The average Bonchev–Trinajstić information content (AvgIpc) is 2.65. The van der Waals surface area contributed by atoms with Crippen LogP contribution >= 0.6 is 22.9 Å². The number of fused-ring (bicyclic) bond motifs is 1. The molecule has 0 N–H and O–H groups in total. The number of aromatic nitrogens is 2. The van der Waals surface area contributed by atoms with Crippen LogP contribution in [0.3, 0.4) is 0 Å². The Morgan fingerprint density at radius 3 is 2.81 bits per heavy atom. The molecule has 0 aliphatic heterocycles. The predicted octanol–water partition coefficient (Wildman–Crippen LogP) is 3.58. The van der Waals surface area contributed by atoms with E-state index >= 15 is 0 Å². The molecule has 0 aliphatic carbocycles. The summed E-state index contributed by atoms with van der Waals surface area (Å²) in [5, 5.41) is 3.43. The maximum atomic E-state index is 5.94. The molecular weight excluding hydrogens is 242 g/mol. The van der Waals surface area contributed by atoms with Crippen molar-refractivity contribution in [1.29, 1.82) is 0 Å². The van der Waals surface area contributed by atoms with Crippen LogP contribution in [0.25, 0.3) is 10.2 Å². The fourth-order valence-electron chi connectivity index (χ4n) is 1.79. The first-order valence-electron chi connectivity index (χ1n) is 5.31. The molecular formula is C11H14ClN3S. The van der Waals surface area contributed by atoms with Gasteiger partial charge in [0.25, 0.3) is 0 Å². The Labute approximate surface area is 104 Å². The molecule has 0 aromatic carbocycles. The van der Waals surface area contributed by atoms with Gasteiger partial charge in [-0.1, -0.05) is 0 Å². The first kappa shape index (κ1) is 11.6. The molecule has 0 saturated carbocycles. The van der Waals surface area contributed by atoms with Gasteiger partial charge in [0, 0.05) is 12.6 Å². The maximum Gasteiger partial charge on any atom is 0.225 e. The molecule has 2 heterocycles. The van der Waals surface area contributed by atoms with Gasteiger partial charge in [0.05, 0.1) is 5.39 Å². The van der Waals surface area contributed by atoms with Crippen LogP contribution in [0.1, 0.15) is 20.8 Å². The molecule has 0 atom stereocenters. The summed E-state index contributed by atoms with van der Waals surface area (Å²) in [7, 11) is 0. The fraction of sp³-hybridized carbons (Fsp3) is 0.455. The van der Waals surface area contributed by atoms with Crippen LogP contribution in [0, 0.1) is 0 Å². The average molecular weight is 256 g/mol. The molecule has 0 fully saturated rings. The summed E-state index contributed by atoms with van der Waals surface area (Å²) in [4.78, 5) is 11.7. The Kier molecular flexibility index (Phi) is 3.30. The van der Waals surface area contributed by atoms with Crippen molar-refractivity contribution in [2.24, 2.45) is 0 Å². The zero-order valence-electron chi connectivity index (χ0n) is 9.57. The zero-order valence-corrected chi connectivity index (χ0v) is 11.1. The van der Waals surface area contributed by atoms with Crippen LogP contribution < -0.4 is 4.90 Å². The summed E-state index contributed by atoms with van der Waals surface area (Å²) < 4.78 is 0. The van der Waals surface area contributed by atoms with Gasteiger partial charge >= 0.3 is 0 Å². The van der Waals surface area contributed by atoms with E-state index in [2.05, 4.69) is 41.7 Å². The van der Waals surface area contributed by atoms with Crippen molar-refractivity contribution >= 4 is 39.0 Å². The number of rotatable bonds is 3. The van der Waals surface area contributed by atoms with Gasteiger partial charge in [-0.3, -0.25) is 0 Å². The fourth-order valence-corrected chi connectivity index (χ4v) is 2.77. The van der Waals surface area contributed by atoms with Gasteiger partial charge < -0.3 is 4.90 Å². The summed E-state index contributed by atoms with van der Waals surface area (Å²) in [5.74, 6) is 0.939. The third-order valence-corrected chi connectivity index (χ3v) is 3.49. The molecule has 0 radical (unpaired) electrons. The summed E-state index contributed by atoms with van der Waals surface area (Å²) in [6.07, 6.45) is 0. The van der Waals surface area contributed by atoms with Crippen molar-refractivity contribution < 1.29 is 0 Å². The van der Waals surface area contributed by atoms with Crippen LogP contribution in [0.4, 0.5) is 5.82 Å². The number of halogens is 1. The lowest BCUT2D eigenvalue weighted by Gasteiger charge is -2.26. The molecule has 0 spiro atoms. The van der Waals surface area contributed by atoms with E-state index in [1.165, 1.54) is 0 Å². The van der Waals surface area contributed by atoms with E-state index in [1.807, 2.05) is 5.38 Å². The second kappa shape index (κ2) is 4.55. The normalized spacial score (nSPS) is 11.3. The predicted molar refractivity (Wildman–Crippen MR) is 70.6 cm³/mol. The van der Waals surface area contributed by atoms with Gasteiger partial charge in [-0.2, -0.15) is 4.98 Å². The quantitative estimate of drug-likeness (QED) is 0.785. The zero-order chi connectivity index (χ0) is 11.7. The number of hydrogen-bond acceptors (Lipinski definition) is 4. The van der Waals surface area contributed by atoms with Crippen LogP contribution in [0.5, 0.6) is 0 Å². The van der Waals surface area contributed by atoms with E-state index in [0.29, 0.717) is 11.3 Å². The molecule has 2 rings (SSSR count). The molecule has 0 aliphatic rings. The molecule has 2 aromatic rings. The number of nitrogens with zero attached hydrogens (tertiary/aromatic N) is 3. The van der Waals surface area contributed by atoms with Gasteiger partial charge in [-0.05, 0) is 43.8 Å². The highest BCUT2D eigenvalue weighted by Gasteiger charge is 2.15. The molecule has 86 valence electrons. The highest BCUT2D eigenvalue weighted by molar-refractivity contribution is 7.16. The lowest BCUT2D eigenvalue weighted by atomic mass is 10.3. The Morgan fingerprint density at radius 2 is 2.19 bits per heavy atom. The molecule has 0 unspecified atom stereocenters. The maximum absolute atomic E-state index is 5.94. The van der Waals surface area contributed by atoms with Crippen LogP contribution in [0.2, 0.25) is 5.28 Å². The van der Waals surface area contributed by atoms with Crippen molar-refractivity contribution in [3.8, 4) is 0 Å². The van der Waals surface area contributed by atoms with Crippen LogP contribution in [-0.4, -0.2) is 22.6 Å². The molecule has 16 heavy (non-hydrogen) atoms. The first-order chi connectivity index (χ1) is 7.63. The molecule has 5 heteroatoms. The minimum absolute atomic E-state index is 0.323. The van der Waals surface area contributed by atoms with E-state index in [9.17, 15) is 0 Å². The van der Waals surface area contributed by atoms with Gasteiger partial charge in [0.2, 0.25) is 5.28 Å². The van der Waals surface area contributed by atoms with Crippen molar-refractivity contribution in [3.05, 3.63) is 16.7 Å². The Morgan fingerprint density at radius 1 is 1.44 bits per heavy atom. The first-order valence-corrected chi connectivity index (χ1v) is 6.56. The Balaban J connectivity index is 2.61. The van der Waals surface area contributed by atoms with E-state index < -0.39 is 0 Å². The minimum Gasteiger partial charge on any atom is -0.354 e. The highest BCUT2D eigenvalue weighted by atomic mass is 35.5. The summed E-state index contributed by atoms with van der Waals surface area (Å²) in [6.45, 7) is 7.33. The van der Waals surface area contributed by atoms with Crippen molar-refractivity contribution in [3.63, 3.8) is 0 Å². The molecule has 3 nitrogen and oxygen atoms in total. The Hall–Kier alpha value is -0.870. The van der Waals surface area contributed by atoms with Gasteiger partial charge in [0.1, 0.15) is 10.6 Å².